The van der Waals surface area contributed by atoms with E-state index in [2.05, 4.69) is 41.7 Å². The number of aryl methyl sites for hydroxylation is 2. The van der Waals surface area contributed by atoms with Gasteiger partial charge in [0.1, 0.15) is 11.4 Å². The van der Waals surface area contributed by atoms with E-state index in [0.717, 1.165) is 13.8 Å². The summed E-state index contributed by atoms with van der Waals surface area (Å²) in [4.78, 5) is 77.9. The summed E-state index contributed by atoms with van der Waals surface area (Å²) in [5.41, 5.74) is 2.28. The minimum atomic E-state index is -1.61. The highest BCUT2D eigenvalue weighted by atomic mass is 35.5. The number of anilines is 4. The van der Waals surface area contributed by atoms with E-state index >= 15 is 0 Å². The Morgan fingerprint density at radius 2 is 0.839 bits per heavy atom. The third-order valence-electron chi connectivity index (χ3n) is 8.73. The molecular weight excluding hydrogens is 925 g/mol. The van der Waals surface area contributed by atoms with Crippen LogP contribution in [0.4, 0.5) is 34.1 Å². The number of halogens is 6. The summed E-state index contributed by atoms with van der Waals surface area (Å²) in [6.45, 7) is 5.58. The van der Waals surface area contributed by atoms with Crippen LogP contribution in [0.2, 0.25) is 30.1 Å². The second-order valence-corrected chi connectivity index (χ2v) is 15.7. The number of azo groups is 2. The summed E-state index contributed by atoms with van der Waals surface area (Å²) in [6, 6.07) is 17.7. The molecule has 2 atom stereocenters. The second kappa shape index (κ2) is 20.9. The van der Waals surface area contributed by atoms with Gasteiger partial charge in [-0.1, -0.05) is 81.7 Å². The molecule has 0 spiro atoms. The van der Waals surface area contributed by atoms with Crippen LogP contribution in [-0.2, 0) is 19.2 Å². The Morgan fingerprint density at radius 1 is 0.468 bits per heavy atom. The third-order valence-corrected chi connectivity index (χ3v) is 11.0. The van der Waals surface area contributed by atoms with Crippen LogP contribution >= 0.6 is 69.6 Å². The number of hydrogen-bond donors (Lipinski definition) is 4. The highest BCUT2D eigenvalue weighted by molar-refractivity contribution is 6.44. The van der Waals surface area contributed by atoms with Gasteiger partial charge in [0.15, 0.2) is 11.6 Å². The van der Waals surface area contributed by atoms with Gasteiger partial charge in [0.25, 0.3) is 23.6 Å². The van der Waals surface area contributed by atoms with Gasteiger partial charge in [0.2, 0.25) is 12.1 Å². The van der Waals surface area contributed by atoms with Crippen LogP contribution in [0.1, 0.15) is 45.7 Å². The van der Waals surface area contributed by atoms with Gasteiger partial charge in [-0.15, -0.1) is 0 Å². The van der Waals surface area contributed by atoms with Crippen molar-refractivity contribution < 1.29 is 28.8 Å². The van der Waals surface area contributed by atoms with Crippen molar-refractivity contribution in [1.29, 1.82) is 0 Å². The SMILES string of the molecule is CC(=O)C(N=Nc1cc(C(=O)Nc2cccc(Cl)c2Cl)ccc1Cl)C(=O)Nc1cc(C)c(NC(=O)C(N=Nc2cc(C(=O)Nc3cccc(Cl)c3Cl)ccc2Cl)C(C)=O)cc1C. The van der Waals surface area contributed by atoms with Gasteiger partial charge in [0.05, 0.1) is 41.5 Å². The predicted octanol–water partition coefficient (Wildman–Crippen LogP) is 12.1. The van der Waals surface area contributed by atoms with Crippen molar-refractivity contribution in [2.75, 3.05) is 21.3 Å². The van der Waals surface area contributed by atoms with Gasteiger partial charge in [-0.3, -0.25) is 28.8 Å². The van der Waals surface area contributed by atoms with Crippen LogP contribution in [0.5, 0.6) is 0 Å². The smallest absolute Gasteiger partial charge is 0.258 e. The first-order valence-corrected chi connectivity index (χ1v) is 20.3. The Bertz CT molecular complexity index is 2530. The lowest BCUT2D eigenvalue weighted by molar-refractivity contribution is -0.127. The molecule has 0 heterocycles. The molecule has 0 aliphatic rings. The number of benzene rings is 5. The van der Waals surface area contributed by atoms with Crippen molar-refractivity contribution in [1.82, 2.24) is 0 Å². The van der Waals surface area contributed by atoms with Crippen LogP contribution in [0.25, 0.3) is 0 Å². The molecule has 0 aliphatic carbocycles. The first kappa shape index (κ1) is 47.3. The fourth-order valence-electron chi connectivity index (χ4n) is 5.42. The van der Waals surface area contributed by atoms with E-state index in [1.807, 2.05) is 0 Å². The van der Waals surface area contributed by atoms with E-state index in [4.69, 9.17) is 69.6 Å². The van der Waals surface area contributed by atoms with E-state index < -0.39 is 47.3 Å². The molecule has 0 fully saturated rings. The van der Waals surface area contributed by atoms with E-state index in [9.17, 15) is 28.8 Å². The van der Waals surface area contributed by atoms with Crippen LogP contribution in [0.15, 0.2) is 105 Å². The van der Waals surface area contributed by atoms with Crippen molar-refractivity contribution in [3.8, 4) is 0 Å². The predicted molar refractivity (Wildman–Crippen MR) is 243 cm³/mol. The Labute approximate surface area is 384 Å². The number of rotatable bonds is 14. The Morgan fingerprint density at radius 3 is 1.19 bits per heavy atom. The number of carbonyl (C=O) groups excluding carboxylic acids is 6. The van der Waals surface area contributed by atoms with Crippen molar-refractivity contribution in [3.63, 3.8) is 0 Å². The summed E-state index contributed by atoms with van der Waals surface area (Å²) in [6.07, 6.45) is 0. The van der Waals surface area contributed by atoms with Crippen molar-refractivity contribution in [2.45, 2.75) is 39.8 Å². The van der Waals surface area contributed by atoms with Crippen LogP contribution < -0.4 is 21.3 Å². The molecule has 5 aromatic rings. The van der Waals surface area contributed by atoms with Crippen molar-refractivity contribution >= 4 is 139 Å². The molecule has 0 radical (unpaired) electrons. The average Bonchev–Trinajstić information content (AvgIpc) is 3.21. The summed E-state index contributed by atoms with van der Waals surface area (Å²) < 4.78 is 0. The third kappa shape index (κ3) is 11.8. The van der Waals surface area contributed by atoms with Crippen molar-refractivity contribution in [3.05, 3.63) is 137 Å². The van der Waals surface area contributed by atoms with E-state index in [0.29, 0.717) is 11.1 Å². The minimum absolute atomic E-state index is 0.00535. The molecule has 14 nitrogen and oxygen atoms in total. The maximum absolute atomic E-state index is 13.4. The number of hydrogen-bond acceptors (Lipinski definition) is 10. The number of ketones is 2. The molecule has 5 aromatic carbocycles. The summed E-state index contributed by atoms with van der Waals surface area (Å²) >= 11 is 37.1. The fraction of sp³-hybridized carbons (Fsp3) is 0.143. The van der Waals surface area contributed by atoms with Gasteiger partial charge >= 0.3 is 0 Å². The van der Waals surface area contributed by atoms with Crippen LogP contribution in [0.3, 0.4) is 0 Å². The van der Waals surface area contributed by atoms with Gasteiger partial charge < -0.3 is 21.3 Å². The number of Topliss-reactive ketones (excluding diaryl/α,β-unsaturated/α-hetero) is 2. The Balaban J connectivity index is 1.27. The molecular formula is C42H32Cl6N8O6. The molecule has 0 aromatic heterocycles. The zero-order chi connectivity index (χ0) is 45.4. The monoisotopic (exact) mass is 954 g/mol. The summed E-state index contributed by atoms with van der Waals surface area (Å²) in [5, 5.41) is 27.5. The summed E-state index contributed by atoms with van der Waals surface area (Å²) in [7, 11) is 0. The number of carbonyl (C=O) groups is 6. The molecule has 0 saturated heterocycles. The van der Waals surface area contributed by atoms with Gasteiger partial charge in [-0.2, -0.15) is 20.5 Å². The normalized spacial score (nSPS) is 12.2. The summed E-state index contributed by atoms with van der Waals surface area (Å²) in [5.74, 6) is -4.07. The minimum Gasteiger partial charge on any atom is -0.324 e. The number of nitrogens with one attached hydrogen (secondary N) is 4. The lowest BCUT2D eigenvalue weighted by atomic mass is 10.1. The molecule has 4 N–H and O–H groups in total. The molecule has 0 bridgehead atoms. The maximum atomic E-state index is 13.4. The van der Waals surface area contributed by atoms with Gasteiger partial charge in [0, 0.05) is 22.5 Å². The topological polar surface area (TPSA) is 200 Å². The average molecular weight is 957 g/mol. The van der Waals surface area contributed by atoms with Gasteiger partial charge in [-0.25, -0.2) is 0 Å². The molecule has 318 valence electrons. The molecule has 4 amide bonds. The molecule has 2 unspecified atom stereocenters. The Kier molecular flexibility index (Phi) is 15.9. The molecule has 0 aliphatic heterocycles. The van der Waals surface area contributed by atoms with E-state index in [1.165, 1.54) is 36.4 Å². The maximum Gasteiger partial charge on any atom is 0.258 e. The largest absolute Gasteiger partial charge is 0.324 e. The first-order chi connectivity index (χ1) is 29.3. The van der Waals surface area contributed by atoms with Crippen LogP contribution in [0, 0.1) is 13.8 Å². The lowest BCUT2D eigenvalue weighted by Gasteiger charge is -2.16. The molecule has 20 heteroatoms. The van der Waals surface area contributed by atoms with Crippen molar-refractivity contribution in [2.24, 2.45) is 20.5 Å². The number of nitrogens with zero attached hydrogens (tertiary/aromatic N) is 4. The lowest BCUT2D eigenvalue weighted by Crippen LogP contribution is -2.32. The zero-order valence-electron chi connectivity index (χ0n) is 32.7. The van der Waals surface area contributed by atoms with E-state index in [1.54, 1.807) is 62.4 Å². The van der Waals surface area contributed by atoms with E-state index in [-0.39, 0.29) is 75.4 Å². The number of amides is 4. The highest BCUT2D eigenvalue weighted by Gasteiger charge is 2.27. The molecule has 62 heavy (non-hydrogen) atoms. The highest BCUT2D eigenvalue weighted by Crippen LogP contribution is 2.33. The molecule has 0 saturated carbocycles. The van der Waals surface area contributed by atoms with Crippen LogP contribution in [-0.4, -0.2) is 47.3 Å². The zero-order valence-corrected chi connectivity index (χ0v) is 37.3. The second-order valence-electron chi connectivity index (χ2n) is 13.4. The Hall–Kier alpha value is -5.74. The van der Waals surface area contributed by atoms with Gasteiger partial charge in [-0.05, 0) is 112 Å². The standard InChI is InChI=1S/C42H32Cl6N8O6/c1-19-15-32(52-42(62)38(22(4)58)56-54-34-18-24(12-14-26(34)44)40(60)50-30-10-6-8-28(46)36(30)48)20(2)16-31(19)51-41(61)37(21(3)57)55-53-33-17-23(11-13-25(33)43)39(59)49-29-9-5-7-27(45)35(29)47/h5-18,37-38H,1-4H3,(H,49,59)(H,50,60)(H,51,61)(H,52,62). The molecule has 5 rings (SSSR count). The first-order valence-electron chi connectivity index (χ1n) is 18.0. The fourth-order valence-corrected chi connectivity index (χ4v) is 6.42. The quantitative estimate of drug-likeness (QED) is 0.0630.